The normalized spacial score (nSPS) is 16.1. The van der Waals surface area contributed by atoms with E-state index in [0.29, 0.717) is 0 Å². The van der Waals surface area contributed by atoms with E-state index < -0.39 is 0 Å². The van der Waals surface area contributed by atoms with Gasteiger partial charge in [0.25, 0.3) is 0 Å². The van der Waals surface area contributed by atoms with Gasteiger partial charge in [-0.1, -0.05) is 0 Å². The molecule has 0 radical (unpaired) electrons. The Morgan fingerprint density at radius 1 is 1.20 bits per heavy atom. The first-order valence-corrected chi connectivity index (χ1v) is 7.27. The molecule has 1 heterocycles. The van der Waals surface area contributed by atoms with Crippen LogP contribution in [0.4, 0.5) is 0 Å². The summed E-state index contributed by atoms with van der Waals surface area (Å²) in [4.78, 5) is 1.65. The number of rotatable bonds is 7. The zero-order valence-corrected chi connectivity index (χ0v) is 12.5. The Labute approximate surface area is 120 Å². The molecule has 0 aromatic heterocycles. The van der Waals surface area contributed by atoms with Crippen molar-refractivity contribution >= 4 is 0 Å². The van der Waals surface area contributed by atoms with Crippen LogP contribution in [0.3, 0.4) is 0 Å². The van der Waals surface area contributed by atoms with Crippen LogP contribution in [-0.4, -0.2) is 53.6 Å². The third-order valence-electron chi connectivity index (χ3n) is 3.76. The second-order valence-corrected chi connectivity index (χ2v) is 5.07. The highest BCUT2D eigenvalue weighted by Crippen LogP contribution is 2.23. The maximum Gasteiger partial charge on any atom is 0.131 e. The summed E-state index contributed by atoms with van der Waals surface area (Å²) in [5.41, 5.74) is 1.21. The second kappa shape index (κ2) is 8.09. The zero-order valence-electron chi connectivity index (χ0n) is 12.5. The van der Waals surface area contributed by atoms with E-state index in [0.717, 1.165) is 50.9 Å². The fraction of sp³-hybridized carbons (Fsp3) is 0.600. The highest BCUT2D eigenvalue weighted by Gasteiger charge is 2.14. The van der Waals surface area contributed by atoms with Gasteiger partial charge in [-0.05, 0) is 12.1 Å². The summed E-state index contributed by atoms with van der Waals surface area (Å²) in [6.45, 7) is 7.35. The topological polar surface area (TPSA) is 48.7 Å². The molecule has 0 atom stereocenters. The number of nitrogens with two attached hydrogens (primary N) is 1. The summed E-state index contributed by atoms with van der Waals surface area (Å²) < 4.78 is 16.0. The number of nitrogens with one attached hydrogen (secondary N) is 1. The van der Waals surface area contributed by atoms with Gasteiger partial charge in [-0.15, -0.1) is 0 Å². The molecule has 0 amide bonds. The Kier molecular flexibility index (Phi) is 6.11. The lowest BCUT2D eigenvalue weighted by molar-refractivity contribution is -0.920. The average molecular weight is 282 g/mol. The van der Waals surface area contributed by atoms with E-state index in [9.17, 15) is 0 Å². The van der Waals surface area contributed by atoms with Gasteiger partial charge in [0.1, 0.15) is 44.2 Å². The summed E-state index contributed by atoms with van der Waals surface area (Å²) in [5.74, 6) is 1.74. The highest BCUT2D eigenvalue weighted by molar-refractivity contribution is 5.40. The molecule has 5 nitrogen and oxygen atoms in total. The Balaban J connectivity index is 1.75. The molecule has 20 heavy (non-hydrogen) atoms. The average Bonchev–Trinajstić information content (AvgIpc) is 2.52. The minimum Gasteiger partial charge on any atom is -0.497 e. The molecule has 3 N–H and O–H groups in total. The molecule has 2 rings (SSSR count). The Bertz CT molecular complexity index is 406. The smallest absolute Gasteiger partial charge is 0.131 e. The molecule has 0 saturated carbocycles. The molecule has 0 aliphatic carbocycles. The zero-order chi connectivity index (χ0) is 14.2. The van der Waals surface area contributed by atoms with Crippen molar-refractivity contribution in [2.75, 3.05) is 53.6 Å². The predicted octanol–water partition coefficient (Wildman–Crippen LogP) is -1.32. The van der Waals surface area contributed by atoms with Crippen molar-refractivity contribution in [1.82, 2.24) is 0 Å². The van der Waals surface area contributed by atoms with Gasteiger partial charge in [0.15, 0.2) is 0 Å². The lowest BCUT2D eigenvalue weighted by atomic mass is 10.2. The van der Waals surface area contributed by atoms with Crippen molar-refractivity contribution in [2.45, 2.75) is 6.54 Å². The first-order chi connectivity index (χ1) is 9.83. The van der Waals surface area contributed by atoms with Gasteiger partial charge in [0.05, 0.1) is 27.4 Å². The monoisotopic (exact) mass is 282 g/mol. The van der Waals surface area contributed by atoms with Crippen LogP contribution < -0.4 is 19.7 Å². The van der Waals surface area contributed by atoms with E-state index in [1.165, 1.54) is 12.1 Å². The van der Waals surface area contributed by atoms with Crippen LogP contribution in [0.2, 0.25) is 0 Å². The minimum atomic E-state index is 0.836. The molecule has 0 unspecified atom stereocenters. The third kappa shape index (κ3) is 4.37. The van der Waals surface area contributed by atoms with Crippen LogP contribution >= 0.6 is 0 Å². The maximum absolute atomic E-state index is 5.41. The SMILES string of the molecule is COc1ccc(C[NH2+]CC[NH+]2CCOCC2)c(OC)c1. The first-order valence-electron chi connectivity index (χ1n) is 7.27. The molecule has 5 heteroatoms. The number of hydrogen-bond donors (Lipinski definition) is 2. The van der Waals surface area contributed by atoms with E-state index in [2.05, 4.69) is 11.4 Å². The van der Waals surface area contributed by atoms with Gasteiger partial charge in [-0.3, -0.25) is 0 Å². The fourth-order valence-corrected chi connectivity index (χ4v) is 2.49. The van der Waals surface area contributed by atoms with Gasteiger partial charge in [-0.25, -0.2) is 0 Å². The van der Waals surface area contributed by atoms with Gasteiger partial charge in [0, 0.05) is 11.6 Å². The molecule has 0 spiro atoms. The quantitative estimate of drug-likeness (QED) is 0.610. The van der Waals surface area contributed by atoms with Crippen LogP contribution in [0, 0.1) is 0 Å². The van der Waals surface area contributed by atoms with Crippen LogP contribution in [0.25, 0.3) is 0 Å². The number of morpholine rings is 1. The maximum atomic E-state index is 5.41. The van der Waals surface area contributed by atoms with E-state index in [-0.39, 0.29) is 0 Å². The van der Waals surface area contributed by atoms with Crippen LogP contribution in [0.15, 0.2) is 18.2 Å². The van der Waals surface area contributed by atoms with E-state index in [1.54, 1.807) is 19.1 Å². The Morgan fingerprint density at radius 2 is 2.00 bits per heavy atom. The van der Waals surface area contributed by atoms with Crippen molar-refractivity contribution in [3.8, 4) is 11.5 Å². The summed E-state index contributed by atoms with van der Waals surface area (Å²) >= 11 is 0. The van der Waals surface area contributed by atoms with Crippen molar-refractivity contribution in [3.05, 3.63) is 23.8 Å². The lowest BCUT2D eigenvalue weighted by Crippen LogP contribution is -3.16. The fourth-order valence-electron chi connectivity index (χ4n) is 2.49. The molecular formula is C15H26N2O3+2. The largest absolute Gasteiger partial charge is 0.497 e. The summed E-state index contributed by atoms with van der Waals surface area (Å²) in [6, 6.07) is 6.01. The number of quaternary nitrogens is 2. The number of ether oxygens (including phenoxy) is 3. The molecule has 1 aromatic rings. The molecule has 1 aromatic carbocycles. The van der Waals surface area contributed by atoms with E-state index in [1.807, 2.05) is 12.1 Å². The predicted molar refractivity (Wildman–Crippen MR) is 76.4 cm³/mol. The lowest BCUT2D eigenvalue weighted by Gasteiger charge is -2.22. The number of methoxy groups -OCH3 is 2. The van der Waals surface area contributed by atoms with Gasteiger partial charge in [0.2, 0.25) is 0 Å². The van der Waals surface area contributed by atoms with Crippen molar-refractivity contribution in [3.63, 3.8) is 0 Å². The van der Waals surface area contributed by atoms with Crippen LogP contribution in [0.5, 0.6) is 11.5 Å². The van der Waals surface area contributed by atoms with Crippen LogP contribution in [-0.2, 0) is 11.3 Å². The third-order valence-corrected chi connectivity index (χ3v) is 3.76. The van der Waals surface area contributed by atoms with Crippen molar-refractivity contribution in [1.29, 1.82) is 0 Å². The highest BCUT2D eigenvalue weighted by atomic mass is 16.5. The van der Waals surface area contributed by atoms with E-state index in [4.69, 9.17) is 14.2 Å². The molecule has 1 aliphatic rings. The molecule has 1 aliphatic heterocycles. The molecular weight excluding hydrogens is 256 g/mol. The molecule has 1 fully saturated rings. The Hall–Kier alpha value is -1.30. The minimum absolute atomic E-state index is 0.836. The number of hydrogen-bond acceptors (Lipinski definition) is 3. The first kappa shape index (κ1) is 15.1. The Morgan fingerprint density at radius 3 is 2.70 bits per heavy atom. The van der Waals surface area contributed by atoms with Crippen molar-refractivity contribution in [2.24, 2.45) is 0 Å². The summed E-state index contributed by atoms with van der Waals surface area (Å²) in [5, 5.41) is 2.34. The second-order valence-electron chi connectivity index (χ2n) is 5.07. The standard InChI is InChI=1S/C15H24N2O3/c1-18-14-4-3-13(15(11-14)19-2)12-16-5-6-17-7-9-20-10-8-17/h3-4,11,16H,5-10,12H2,1-2H3/p+2. The van der Waals surface area contributed by atoms with Gasteiger partial charge in [-0.2, -0.15) is 0 Å². The van der Waals surface area contributed by atoms with Crippen molar-refractivity contribution < 1.29 is 24.4 Å². The summed E-state index contributed by atoms with van der Waals surface area (Å²) in [6.07, 6.45) is 0. The van der Waals surface area contributed by atoms with Gasteiger partial charge < -0.3 is 24.4 Å². The van der Waals surface area contributed by atoms with E-state index >= 15 is 0 Å². The molecule has 0 bridgehead atoms. The molecule has 1 saturated heterocycles. The molecule has 112 valence electrons. The summed E-state index contributed by atoms with van der Waals surface area (Å²) in [7, 11) is 3.38. The van der Waals surface area contributed by atoms with Crippen LogP contribution in [0.1, 0.15) is 5.56 Å². The van der Waals surface area contributed by atoms with Gasteiger partial charge >= 0.3 is 0 Å². The number of benzene rings is 1.